The molecule has 2 aromatic carbocycles. The van der Waals surface area contributed by atoms with Crippen molar-refractivity contribution in [3.63, 3.8) is 0 Å². The molecule has 72 heavy (non-hydrogen) atoms. The van der Waals surface area contributed by atoms with Crippen LogP contribution in [0.5, 0.6) is 0 Å². The minimum atomic E-state index is -0.907. The summed E-state index contributed by atoms with van der Waals surface area (Å²) in [5, 5.41) is 27.6. The van der Waals surface area contributed by atoms with Crippen LogP contribution in [0.3, 0.4) is 0 Å². The maximum atomic E-state index is 14.3. The van der Waals surface area contributed by atoms with Gasteiger partial charge in [0.2, 0.25) is 23.6 Å². The van der Waals surface area contributed by atoms with Crippen LogP contribution in [0.25, 0.3) is 15.4 Å². The average molecular weight is 1030 g/mol. The number of aliphatic hydroxyl groups excluding tert-OH is 1. The number of aromatic nitrogens is 4. The van der Waals surface area contributed by atoms with Crippen LogP contribution in [-0.4, -0.2) is 149 Å². The van der Waals surface area contributed by atoms with Gasteiger partial charge in [-0.3, -0.25) is 38.5 Å². The Kier molecular flexibility index (Phi) is 13.8. The zero-order valence-corrected chi connectivity index (χ0v) is 44.6. The fraction of sp³-hybridized carbons (Fsp3) is 0.509. The molecule has 0 bridgehead atoms. The molecule has 0 saturated carbocycles. The lowest BCUT2D eigenvalue weighted by Gasteiger charge is -2.64. The Morgan fingerprint density at radius 1 is 0.889 bits per heavy atom. The van der Waals surface area contributed by atoms with E-state index >= 15 is 0 Å². The summed E-state index contributed by atoms with van der Waals surface area (Å²) < 4.78 is 2.08. The molecule has 4 fully saturated rings. The Morgan fingerprint density at radius 3 is 2.25 bits per heavy atom. The first-order valence-corrected chi connectivity index (χ1v) is 27.1. The summed E-state index contributed by atoms with van der Waals surface area (Å²) in [7, 11) is 0. The molecule has 0 radical (unpaired) electrons. The molecule has 10 rings (SSSR count). The van der Waals surface area contributed by atoms with Gasteiger partial charge >= 0.3 is 0 Å². The summed E-state index contributed by atoms with van der Waals surface area (Å²) in [4.78, 5) is 76.2. The van der Waals surface area contributed by atoms with E-state index in [1.54, 1.807) is 22.7 Å². The summed E-state index contributed by atoms with van der Waals surface area (Å²) in [5.74, 6) is 0.519. The molecule has 7 atom stereocenters. The third-order valence-electron chi connectivity index (χ3n) is 15.6. The van der Waals surface area contributed by atoms with Gasteiger partial charge in [0.15, 0.2) is 5.82 Å². The maximum absolute atomic E-state index is 14.3. The van der Waals surface area contributed by atoms with E-state index in [0.717, 1.165) is 87.4 Å². The van der Waals surface area contributed by atoms with Gasteiger partial charge in [-0.25, -0.2) is 4.98 Å². The normalized spacial score (nSPS) is 23.2. The van der Waals surface area contributed by atoms with Crippen LogP contribution in [-0.2, 0) is 19.2 Å². The van der Waals surface area contributed by atoms with Crippen molar-refractivity contribution in [2.45, 2.75) is 129 Å². The van der Waals surface area contributed by atoms with Crippen LogP contribution in [0.4, 0.5) is 0 Å². The van der Waals surface area contributed by atoms with E-state index < -0.39 is 29.6 Å². The van der Waals surface area contributed by atoms with E-state index in [1.165, 1.54) is 9.78 Å². The number of amides is 4. The summed E-state index contributed by atoms with van der Waals surface area (Å²) in [6.45, 7) is 18.9. The first-order chi connectivity index (χ1) is 34.3. The molecule has 0 aliphatic carbocycles. The quantitative estimate of drug-likeness (QED) is 0.127. The highest BCUT2D eigenvalue weighted by molar-refractivity contribution is 7.15. The van der Waals surface area contributed by atoms with Gasteiger partial charge in [0.1, 0.15) is 29.0 Å². The van der Waals surface area contributed by atoms with Gasteiger partial charge in [-0.05, 0) is 81.7 Å². The maximum Gasteiger partial charge on any atom is 0.246 e. The van der Waals surface area contributed by atoms with Gasteiger partial charge in [0.05, 0.1) is 52.9 Å². The molecule has 5 aliphatic heterocycles. The number of hydrogen-bond donors (Lipinski definition) is 3. The fourth-order valence-electron chi connectivity index (χ4n) is 11.2. The number of β-amino-alcohol motifs (C(OH)–C–C–N with tert-alkyl or cyclic N) is 1. The van der Waals surface area contributed by atoms with Crippen LogP contribution < -0.4 is 10.6 Å². The highest BCUT2D eigenvalue weighted by Crippen LogP contribution is 2.42. The number of aliphatic imine (C=N–C) groups is 1. The predicted molar refractivity (Wildman–Crippen MR) is 280 cm³/mol. The van der Waals surface area contributed by atoms with E-state index in [4.69, 9.17) is 16.6 Å². The average Bonchev–Trinajstić information content (AvgIpc) is 4.11. The Balaban J connectivity index is 0.716. The Hall–Kier alpha value is -5.37. The molecule has 1 unspecified atom stereocenters. The summed E-state index contributed by atoms with van der Waals surface area (Å²) in [6, 6.07) is 13.9. The molecule has 5 aromatic rings. The third-order valence-corrected chi connectivity index (χ3v) is 18.0. The minimum absolute atomic E-state index is 0.00909. The van der Waals surface area contributed by atoms with E-state index in [9.17, 15) is 24.3 Å². The second-order valence-corrected chi connectivity index (χ2v) is 23.9. The number of carbonyl (C=O) groups is 4. The molecule has 8 heterocycles. The lowest BCUT2D eigenvalue weighted by Crippen LogP contribution is -2.81. The molecule has 4 saturated heterocycles. The second kappa shape index (κ2) is 19.8. The zero-order chi connectivity index (χ0) is 50.9. The lowest BCUT2D eigenvalue weighted by molar-refractivity contribution is -0.175. The number of likely N-dealkylation sites (tertiary alicyclic amines) is 4. The number of thiophene rings is 1. The van der Waals surface area contributed by atoms with Gasteiger partial charge in [-0.2, -0.15) is 0 Å². The minimum Gasteiger partial charge on any atom is -0.391 e. The first kappa shape index (κ1) is 50.2. The number of aryl methyl sites for hydroxylation is 3. The monoisotopic (exact) mass is 1030 g/mol. The smallest absolute Gasteiger partial charge is 0.246 e. The molecule has 3 aromatic heterocycles. The molecular formula is C53H64ClN11O5S2. The number of hydrogen-bond acceptors (Lipinski definition) is 13. The Morgan fingerprint density at radius 2 is 1.60 bits per heavy atom. The van der Waals surface area contributed by atoms with Crippen LogP contribution >= 0.6 is 34.3 Å². The van der Waals surface area contributed by atoms with Crippen molar-refractivity contribution in [2.24, 2.45) is 10.4 Å². The van der Waals surface area contributed by atoms with Crippen LogP contribution in [0.1, 0.15) is 110 Å². The van der Waals surface area contributed by atoms with Crippen LogP contribution in [0.2, 0.25) is 5.02 Å². The molecule has 3 N–H and O–H groups in total. The number of halogens is 1. The highest BCUT2D eigenvalue weighted by Gasteiger charge is 2.55. The van der Waals surface area contributed by atoms with Gasteiger partial charge in [0.25, 0.3) is 0 Å². The summed E-state index contributed by atoms with van der Waals surface area (Å²) in [5.41, 5.74) is 8.06. The van der Waals surface area contributed by atoms with Crippen molar-refractivity contribution >= 4 is 63.6 Å². The van der Waals surface area contributed by atoms with Crippen molar-refractivity contribution in [1.82, 2.24) is 50.0 Å². The Bertz CT molecular complexity index is 2920. The van der Waals surface area contributed by atoms with Gasteiger partial charge in [0, 0.05) is 72.3 Å². The van der Waals surface area contributed by atoms with Crippen molar-refractivity contribution in [2.75, 3.05) is 39.3 Å². The van der Waals surface area contributed by atoms with E-state index in [1.807, 2.05) is 100 Å². The number of rotatable bonds is 12. The van der Waals surface area contributed by atoms with Crippen LogP contribution in [0.15, 0.2) is 59.0 Å². The van der Waals surface area contributed by atoms with Gasteiger partial charge in [-0.15, -0.1) is 32.9 Å². The topological polar surface area (TPSA) is 181 Å². The summed E-state index contributed by atoms with van der Waals surface area (Å²) in [6.07, 6.45) is 1.23. The molecular weight excluding hydrogens is 970 g/mol. The number of piperidine rings is 1. The Labute approximate surface area is 433 Å². The number of nitrogens with one attached hydrogen (secondary N) is 2. The molecule has 5 aliphatic rings. The van der Waals surface area contributed by atoms with Crippen molar-refractivity contribution in [3.05, 3.63) is 104 Å². The largest absolute Gasteiger partial charge is 0.391 e. The highest BCUT2D eigenvalue weighted by atomic mass is 35.5. The molecule has 380 valence electrons. The predicted octanol–water partition coefficient (Wildman–Crippen LogP) is 6.35. The van der Waals surface area contributed by atoms with E-state index in [2.05, 4.69) is 54.0 Å². The number of carbonyl (C=O) groups excluding carboxylic acids is 4. The van der Waals surface area contributed by atoms with Gasteiger partial charge in [-0.1, -0.05) is 68.8 Å². The van der Waals surface area contributed by atoms with Crippen molar-refractivity contribution < 1.29 is 24.3 Å². The van der Waals surface area contributed by atoms with Gasteiger partial charge < -0.3 is 25.5 Å². The number of piperazine rings is 1. The number of fused-ring (bicyclic) bond motifs is 4. The molecule has 16 nitrogen and oxygen atoms in total. The van der Waals surface area contributed by atoms with Crippen LogP contribution in [0, 0.1) is 33.1 Å². The fourth-order valence-corrected chi connectivity index (χ4v) is 13.4. The third kappa shape index (κ3) is 9.54. The lowest BCUT2D eigenvalue weighted by atomic mass is 9.81. The summed E-state index contributed by atoms with van der Waals surface area (Å²) >= 11 is 9.58. The number of aliphatic hydroxyl groups is 1. The zero-order valence-electron chi connectivity index (χ0n) is 42.2. The molecule has 4 amide bonds. The second-order valence-electron chi connectivity index (χ2n) is 21.4. The number of thiazole rings is 1. The van der Waals surface area contributed by atoms with Crippen molar-refractivity contribution in [3.8, 4) is 15.4 Å². The SMILES string of the molecule is Cc1ncsc1-c1ccc([C@H](C)NC(=O)[C@@H]2C[C@@H](O)CN2C(=O)[C@@H](NC(=O)CN2CCC(N3C[C@@H]4C3CN4C(=O)C[C@@H]3N=C(c4ccc(Cl)cc4)c4c(sc(C)c4C)-n4c(C)nnc43)CC2)C(C)(C)C)cc1. The van der Waals surface area contributed by atoms with Crippen molar-refractivity contribution in [1.29, 1.82) is 0 Å². The first-order valence-electron chi connectivity index (χ1n) is 25.1. The standard InChI is InChI=1S/C53H64ClN11O5S2/c1-28-31(4)72-52-45(28)46(34-13-15-36(54)16-14-34)57-39(49-60-59-32(5)65(49)52)22-44(68)63-25-41-42(63)24-62(41)37-17-19-61(20-18-37)26-43(67)58-48(53(6,7)8)51(70)64-23-38(66)21-40(64)50(69)56-29(2)33-9-11-35(12-10-33)47-30(3)55-27-71-47/h9-16,27,29,37-42,48,66H,17-26H2,1-8H3,(H,56,69)(H,58,67)/t29-,38+,39-,40-,41?,42+,48+/m0/s1. The molecule has 0 spiro atoms. The van der Waals surface area contributed by atoms with E-state index in [0.29, 0.717) is 29.5 Å². The number of nitrogens with zero attached hydrogens (tertiary/aromatic N) is 9. The molecule has 19 heteroatoms. The number of benzene rings is 2. The van der Waals surface area contributed by atoms with E-state index in [-0.39, 0.29) is 61.6 Å².